The summed E-state index contributed by atoms with van der Waals surface area (Å²) in [5.41, 5.74) is 6.77. The number of nitrogens with two attached hydrogens (primary N) is 1. The Labute approximate surface area is 117 Å². The molecule has 0 aliphatic heterocycles. The van der Waals surface area contributed by atoms with Crippen molar-refractivity contribution < 1.29 is 4.79 Å². The van der Waals surface area contributed by atoms with Gasteiger partial charge in [-0.05, 0) is 43.7 Å². The van der Waals surface area contributed by atoms with Crippen LogP contribution in [0.1, 0.15) is 29.9 Å². The molecule has 3 nitrogen and oxygen atoms in total. The number of hydrogen-bond donors (Lipinski definition) is 1. The third-order valence-corrected chi connectivity index (χ3v) is 3.40. The average Bonchev–Trinajstić information content (AvgIpc) is 2.39. The summed E-state index contributed by atoms with van der Waals surface area (Å²) < 4.78 is 0. The standard InChI is InChI=1S/C15H15ClN2O/c1-15(2,10-3-5-11(16)6-4-10)14(19)13-8-7-12(17)9-18-13/h3-9H,17H2,1-2H3. The monoisotopic (exact) mass is 274 g/mol. The molecule has 0 spiro atoms. The van der Waals surface area contributed by atoms with Crippen LogP contribution < -0.4 is 5.73 Å². The summed E-state index contributed by atoms with van der Waals surface area (Å²) in [6.45, 7) is 3.74. The van der Waals surface area contributed by atoms with E-state index in [1.54, 1.807) is 24.3 Å². The smallest absolute Gasteiger partial charge is 0.191 e. The quantitative estimate of drug-likeness (QED) is 0.872. The van der Waals surface area contributed by atoms with Crippen LogP contribution in [-0.4, -0.2) is 10.8 Å². The number of nitrogens with zero attached hydrogens (tertiary/aromatic N) is 1. The first-order chi connectivity index (χ1) is 8.91. The maximum absolute atomic E-state index is 12.5. The van der Waals surface area contributed by atoms with Gasteiger partial charge in [0.15, 0.2) is 5.78 Å². The van der Waals surface area contributed by atoms with Crippen LogP contribution >= 0.6 is 11.6 Å². The molecule has 0 saturated heterocycles. The van der Waals surface area contributed by atoms with Gasteiger partial charge in [0.25, 0.3) is 0 Å². The van der Waals surface area contributed by atoms with Crippen molar-refractivity contribution in [1.82, 2.24) is 4.98 Å². The molecule has 0 aliphatic carbocycles. The Morgan fingerprint density at radius 1 is 1.16 bits per heavy atom. The minimum atomic E-state index is -0.659. The van der Waals surface area contributed by atoms with Gasteiger partial charge in [0.1, 0.15) is 5.69 Å². The molecule has 98 valence electrons. The molecule has 2 aromatic rings. The highest BCUT2D eigenvalue weighted by molar-refractivity contribution is 6.30. The van der Waals surface area contributed by atoms with Crippen LogP contribution in [0.4, 0.5) is 5.69 Å². The number of pyridine rings is 1. The van der Waals surface area contributed by atoms with Crippen LogP contribution in [0.5, 0.6) is 0 Å². The second kappa shape index (κ2) is 5.02. The number of rotatable bonds is 3. The molecule has 2 rings (SSSR count). The number of hydrogen-bond acceptors (Lipinski definition) is 3. The number of anilines is 1. The minimum absolute atomic E-state index is 0.0465. The van der Waals surface area contributed by atoms with E-state index in [9.17, 15) is 4.79 Å². The predicted octanol–water partition coefficient (Wildman–Crippen LogP) is 3.48. The third kappa shape index (κ3) is 2.76. The lowest BCUT2D eigenvalue weighted by atomic mass is 9.79. The highest BCUT2D eigenvalue weighted by Crippen LogP contribution is 2.28. The molecular weight excluding hydrogens is 260 g/mol. The van der Waals surface area contributed by atoms with Crippen LogP contribution in [-0.2, 0) is 5.41 Å². The van der Waals surface area contributed by atoms with Crippen LogP contribution in [0, 0.1) is 0 Å². The molecule has 2 N–H and O–H groups in total. The SMILES string of the molecule is CC(C)(C(=O)c1ccc(N)cn1)c1ccc(Cl)cc1. The van der Waals surface area contributed by atoms with Crippen molar-refractivity contribution in [3.63, 3.8) is 0 Å². The first kappa shape index (κ1) is 13.6. The third-order valence-electron chi connectivity index (χ3n) is 3.15. The van der Waals surface area contributed by atoms with Gasteiger partial charge in [-0.2, -0.15) is 0 Å². The van der Waals surface area contributed by atoms with Gasteiger partial charge in [-0.1, -0.05) is 23.7 Å². The van der Waals surface area contributed by atoms with Crippen molar-refractivity contribution in [2.24, 2.45) is 0 Å². The van der Waals surface area contributed by atoms with Crippen LogP contribution in [0.2, 0.25) is 5.02 Å². The number of carbonyl (C=O) groups is 1. The van der Waals surface area contributed by atoms with E-state index in [1.807, 2.05) is 26.0 Å². The van der Waals surface area contributed by atoms with Gasteiger partial charge in [0.05, 0.1) is 17.3 Å². The predicted molar refractivity (Wildman–Crippen MR) is 77.5 cm³/mol. The Balaban J connectivity index is 2.35. The molecule has 19 heavy (non-hydrogen) atoms. The summed E-state index contributed by atoms with van der Waals surface area (Å²) in [7, 11) is 0. The first-order valence-corrected chi connectivity index (χ1v) is 6.31. The first-order valence-electron chi connectivity index (χ1n) is 5.93. The van der Waals surface area contributed by atoms with Gasteiger partial charge in [-0.25, -0.2) is 0 Å². The van der Waals surface area contributed by atoms with E-state index in [0.29, 0.717) is 16.4 Å². The molecular formula is C15H15ClN2O. The van der Waals surface area contributed by atoms with Gasteiger partial charge in [-0.15, -0.1) is 0 Å². The van der Waals surface area contributed by atoms with Crippen molar-refractivity contribution in [2.45, 2.75) is 19.3 Å². The zero-order valence-corrected chi connectivity index (χ0v) is 11.6. The number of aromatic nitrogens is 1. The lowest BCUT2D eigenvalue weighted by molar-refractivity contribution is 0.0903. The lowest BCUT2D eigenvalue weighted by Crippen LogP contribution is -2.29. The minimum Gasteiger partial charge on any atom is -0.397 e. The van der Waals surface area contributed by atoms with Crippen molar-refractivity contribution in [3.05, 3.63) is 58.9 Å². The number of benzene rings is 1. The van der Waals surface area contributed by atoms with Gasteiger partial charge < -0.3 is 5.73 Å². The highest BCUT2D eigenvalue weighted by atomic mass is 35.5. The summed E-state index contributed by atoms with van der Waals surface area (Å²) in [5, 5.41) is 0.651. The van der Waals surface area contributed by atoms with Crippen molar-refractivity contribution in [2.75, 3.05) is 5.73 Å². The molecule has 1 aromatic heterocycles. The molecule has 0 bridgehead atoms. The Hall–Kier alpha value is -1.87. The van der Waals surface area contributed by atoms with Crippen LogP contribution in [0.25, 0.3) is 0 Å². The molecule has 0 atom stereocenters. The lowest BCUT2D eigenvalue weighted by Gasteiger charge is -2.23. The number of carbonyl (C=O) groups excluding carboxylic acids is 1. The van der Waals surface area contributed by atoms with Crippen molar-refractivity contribution in [1.29, 1.82) is 0 Å². The van der Waals surface area contributed by atoms with Gasteiger partial charge >= 0.3 is 0 Å². The van der Waals surface area contributed by atoms with E-state index >= 15 is 0 Å². The summed E-state index contributed by atoms with van der Waals surface area (Å²) in [5.74, 6) is -0.0465. The molecule has 0 aliphatic rings. The molecule has 0 fully saturated rings. The van der Waals surface area contributed by atoms with E-state index in [2.05, 4.69) is 4.98 Å². The highest BCUT2D eigenvalue weighted by Gasteiger charge is 2.31. The second-order valence-corrected chi connectivity index (χ2v) is 5.37. The Morgan fingerprint density at radius 3 is 2.32 bits per heavy atom. The fourth-order valence-electron chi connectivity index (χ4n) is 1.86. The number of halogens is 1. The maximum atomic E-state index is 12.5. The summed E-state index contributed by atoms with van der Waals surface area (Å²) in [4.78, 5) is 16.6. The number of Topliss-reactive ketones (excluding diaryl/α,β-unsaturated/α-hetero) is 1. The van der Waals surface area contributed by atoms with Crippen LogP contribution in [0.15, 0.2) is 42.6 Å². The Morgan fingerprint density at radius 2 is 1.79 bits per heavy atom. The molecule has 0 amide bonds. The normalized spacial score (nSPS) is 11.3. The molecule has 0 radical (unpaired) electrons. The maximum Gasteiger partial charge on any atom is 0.191 e. The van der Waals surface area contributed by atoms with Gasteiger partial charge in [-0.3, -0.25) is 9.78 Å². The molecule has 0 saturated carbocycles. The summed E-state index contributed by atoms with van der Waals surface area (Å²) in [6, 6.07) is 10.6. The summed E-state index contributed by atoms with van der Waals surface area (Å²) >= 11 is 5.86. The topological polar surface area (TPSA) is 56.0 Å². The molecule has 0 unspecified atom stereocenters. The largest absolute Gasteiger partial charge is 0.397 e. The average molecular weight is 275 g/mol. The van der Waals surface area contributed by atoms with E-state index in [1.165, 1.54) is 6.20 Å². The summed E-state index contributed by atoms with van der Waals surface area (Å²) in [6.07, 6.45) is 1.49. The van der Waals surface area contributed by atoms with E-state index in [4.69, 9.17) is 17.3 Å². The fourth-order valence-corrected chi connectivity index (χ4v) is 1.98. The van der Waals surface area contributed by atoms with Crippen molar-refractivity contribution in [3.8, 4) is 0 Å². The number of ketones is 1. The van der Waals surface area contributed by atoms with Crippen LogP contribution in [0.3, 0.4) is 0 Å². The second-order valence-electron chi connectivity index (χ2n) is 4.94. The Kier molecular flexibility index (Phi) is 3.58. The van der Waals surface area contributed by atoms with Gasteiger partial charge in [0, 0.05) is 5.02 Å². The van der Waals surface area contributed by atoms with E-state index in [0.717, 1.165) is 5.56 Å². The van der Waals surface area contributed by atoms with Crippen molar-refractivity contribution >= 4 is 23.1 Å². The van der Waals surface area contributed by atoms with E-state index in [-0.39, 0.29) is 5.78 Å². The fraction of sp³-hybridized carbons (Fsp3) is 0.200. The molecule has 1 heterocycles. The number of nitrogen functional groups attached to an aromatic ring is 1. The Bertz CT molecular complexity index is 589. The van der Waals surface area contributed by atoms with Gasteiger partial charge in [0.2, 0.25) is 0 Å². The zero-order chi connectivity index (χ0) is 14.0. The molecule has 4 heteroatoms. The van der Waals surface area contributed by atoms with E-state index < -0.39 is 5.41 Å². The zero-order valence-electron chi connectivity index (χ0n) is 10.9. The molecule has 1 aromatic carbocycles.